The quantitative estimate of drug-likeness (QED) is 0.867. The number of hydrogen-bond donors (Lipinski definition) is 1. The number of hydrogen-bond acceptors (Lipinski definition) is 5. The van der Waals surface area contributed by atoms with Gasteiger partial charge in [-0.15, -0.1) is 0 Å². The molecule has 0 saturated carbocycles. The smallest absolute Gasteiger partial charge is 0.127 e. The first-order chi connectivity index (χ1) is 10.6. The molecule has 1 fully saturated rings. The molecule has 22 heavy (non-hydrogen) atoms. The van der Waals surface area contributed by atoms with Gasteiger partial charge >= 0.3 is 0 Å². The Balaban J connectivity index is 2.24. The second kappa shape index (κ2) is 7.81. The van der Waals surface area contributed by atoms with Gasteiger partial charge in [0.15, 0.2) is 0 Å². The molecule has 1 aliphatic rings. The summed E-state index contributed by atoms with van der Waals surface area (Å²) < 4.78 is 10.9. The molecule has 0 spiro atoms. The summed E-state index contributed by atoms with van der Waals surface area (Å²) in [7, 11) is 5.57. The fraction of sp³-hybridized carbons (Fsp3) is 0.647. The van der Waals surface area contributed by atoms with Gasteiger partial charge in [-0.2, -0.15) is 0 Å². The topological polar surface area (TPSA) is 51.0 Å². The van der Waals surface area contributed by atoms with E-state index in [4.69, 9.17) is 15.2 Å². The standard InChI is InChI=1S/C17H29N3O2/c1-5-13-12-20(9-8-19(13)2)16(11-18)15-7-6-14(21-3)10-17(15)22-4/h6-7,10,13,16H,5,8-9,11-12,18H2,1-4H3. The van der Waals surface area contributed by atoms with Crippen LogP contribution in [0.5, 0.6) is 11.5 Å². The minimum Gasteiger partial charge on any atom is -0.497 e. The summed E-state index contributed by atoms with van der Waals surface area (Å²) in [6.07, 6.45) is 1.16. The highest BCUT2D eigenvalue weighted by atomic mass is 16.5. The van der Waals surface area contributed by atoms with Crippen molar-refractivity contribution in [1.29, 1.82) is 0 Å². The zero-order chi connectivity index (χ0) is 16.1. The van der Waals surface area contributed by atoms with Crippen molar-refractivity contribution >= 4 is 0 Å². The number of rotatable bonds is 6. The van der Waals surface area contributed by atoms with Crippen molar-refractivity contribution in [2.75, 3.05) is 47.4 Å². The molecular weight excluding hydrogens is 278 g/mol. The molecule has 0 amide bonds. The van der Waals surface area contributed by atoms with Gasteiger partial charge in [-0.3, -0.25) is 4.90 Å². The number of nitrogens with zero attached hydrogens (tertiary/aromatic N) is 2. The number of likely N-dealkylation sites (N-methyl/N-ethyl adjacent to an activating group) is 1. The third-order valence-corrected chi connectivity index (χ3v) is 4.74. The lowest BCUT2D eigenvalue weighted by atomic mass is 10.0. The van der Waals surface area contributed by atoms with Crippen LogP contribution in [0.4, 0.5) is 0 Å². The molecule has 5 nitrogen and oxygen atoms in total. The van der Waals surface area contributed by atoms with Crippen LogP contribution >= 0.6 is 0 Å². The van der Waals surface area contributed by atoms with E-state index in [9.17, 15) is 0 Å². The van der Waals surface area contributed by atoms with Gasteiger partial charge in [-0.1, -0.05) is 13.0 Å². The molecule has 2 atom stereocenters. The maximum absolute atomic E-state index is 6.11. The number of ether oxygens (including phenoxy) is 2. The van der Waals surface area contributed by atoms with E-state index in [1.54, 1.807) is 14.2 Å². The van der Waals surface area contributed by atoms with Crippen LogP contribution in [0.3, 0.4) is 0 Å². The Labute approximate surface area is 134 Å². The van der Waals surface area contributed by atoms with Crippen molar-refractivity contribution in [2.24, 2.45) is 5.73 Å². The van der Waals surface area contributed by atoms with E-state index in [1.165, 1.54) is 0 Å². The maximum atomic E-state index is 6.11. The van der Waals surface area contributed by atoms with Gasteiger partial charge < -0.3 is 20.1 Å². The van der Waals surface area contributed by atoms with E-state index < -0.39 is 0 Å². The SMILES string of the molecule is CCC1CN(C(CN)c2ccc(OC)cc2OC)CCN1C. The van der Waals surface area contributed by atoms with Crippen molar-refractivity contribution < 1.29 is 9.47 Å². The van der Waals surface area contributed by atoms with Crippen molar-refractivity contribution in [3.63, 3.8) is 0 Å². The minimum absolute atomic E-state index is 0.184. The van der Waals surface area contributed by atoms with E-state index in [1.807, 2.05) is 12.1 Å². The molecule has 1 heterocycles. The fourth-order valence-corrected chi connectivity index (χ4v) is 3.26. The molecule has 0 bridgehead atoms. The third kappa shape index (κ3) is 3.54. The van der Waals surface area contributed by atoms with Crippen LogP contribution in [0.25, 0.3) is 0 Å². The molecule has 0 aromatic heterocycles. The van der Waals surface area contributed by atoms with Gasteiger partial charge in [-0.25, -0.2) is 0 Å². The average molecular weight is 307 g/mol. The fourth-order valence-electron chi connectivity index (χ4n) is 3.26. The Morgan fingerprint density at radius 2 is 2.05 bits per heavy atom. The first-order valence-electron chi connectivity index (χ1n) is 8.00. The molecule has 2 rings (SSSR count). The van der Waals surface area contributed by atoms with Crippen LogP contribution in [0.15, 0.2) is 18.2 Å². The molecule has 2 N–H and O–H groups in total. The summed E-state index contributed by atoms with van der Waals surface area (Å²) in [6.45, 7) is 5.99. The summed E-state index contributed by atoms with van der Waals surface area (Å²) >= 11 is 0. The predicted molar refractivity (Wildman–Crippen MR) is 89.6 cm³/mol. The summed E-state index contributed by atoms with van der Waals surface area (Å²) in [4.78, 5) is 4.92. The molecule has 1 aromatic rings. The van der Waals surface area contributed by atoms with Gasteiger partial charge in [0, 0.05) is 43.9 Å². The maximum Gasteiger partial charge on any atom is 0.127 e. The number of piperazine rings is 1. The van der Waals surface area contributed by atoms with E-state index in [0.717, 1.165) is 43.1 Å². The molecule has 124 valence electrons. The second-order valence-electron chi connectivity index (χ2n) is 5.90. The van der Waals surface area contributed by atoms with Crippen molar-refractivity contribution in [1.82, 2.24) is 9.80 Å². The molecule has 1 aliphatic heterocycles. The van der Waals surface area contributed by atoms with E-state index in [2.05, 4.69) is 29.8 Å². The highest BCUT2D eigenvalue weighted by molar-refractivity contribution is 5.42. The van der Waals surface area contributed by atoms with Gasteiger partial charge in [-0.05, 0) is 19.5 Å². The van der Waals surface area contributed by atoms with Gasteiger partial charge in [0.1, 0.15) is 11.5 Å². The van der Waals surface area contributed by atoms with Crippen LogP contribution in [0, 0.1) is 0 Å². The zero-order valence-electron chi connectivity index (χ0n) is 14.2. The highest BCUT2D eigenvalue weighted by Gasteiger charge is 2.29. The van der Waals surface area contributed by atoms with Gasteiger partial charge in [0.05, 0.1) is 20.3 Å². The van der Waals surface area contributed by atoms with E-state index >= 15 is 0 Å². The highest BCUT2D eigenvalue weighted by Crippen LogP contribution is 2.33. The zero-order valence-corrected chi connectivity index (χ0v) is 14.2. The van der Waals surface area contributed by atoms with Crippen molar-refractivity contribution in [3.8, 4) is 11.5 Å². The average Bonchev–Trinajstić information content (AvgIpc) is 2.57. The van der Waals surface area contributed by atoms with Crippen molar-refractivity contribution in [2.45, 2.75) is 25.4 Å². The summed E-state index contributed by atoms with van der Waals surface area (Å²) in [5.74, 6) is 1.66. The molecule has 2 unspecified atom stereocenters. The number of benzene rings is 1. The monoisotopic (exact) mass is 307 g/mol. The Morgan fingerprint density at radius 3 is 2.64 bits per heavy atom. The Morgan fingerprint density at radius 1 is 1.27 bits per heavy atom. The number of methoxy groups -OCH3 is 2. The third-order valence-electron chi connectivity index (χ3n) is 4.74. The van der Waals surface area contributed by atoms with Crippen LogP contribution < -0.4 is 15.2 Å². The molecule has 5 heteroatoms. The Bertz CT molecular complexity index is 481. The van der Waals surface area contributed by atoms with Gasteiger partial charge in [0.25, 0.3) is 0 Å². The van der Waals surface area contributed by atoms with Gasteiger partial charge in [0.2, 0.25) is 0 Å². The first-order valence-corrected chi connectivity index (χ1v) is 8.00. The Hall–Kier alpha value is -1.30. The molecular formula is C17H29N3O2. The normalized spacial score (nSPS) is 21.6. The number of nitrogens with two attached hydrogens (primary N) is 1. The second-order valence-corrected chi connectivity index (χ2v) is 5.90. The molecule has 0 aliphatic carbocycles. The summed E-state index contributed by atoms with van der Waals surface area (Å²) in [5, 5.41) is 0. The van der Waals surface area contributed by atoms with E-state index in [-0.39, 0.29) is 6.04 Å². The largest absolute Gasteiger partial charge is 0.497 e. The minimum atomic E-state index is 0.184. The lowest BCUT2D eigenvalue weighted by Gasteiger charge is -2.43. The summed E-state index contributed by atoms with van der Waals surface area (Å²) in [5.41, 5.74) is 7.25. The summed E-state index contributed by atoms with van der Waals surface area (Å²) in [6, 6.07) is 6.77. The lowest BCUT2D eigenvalue weighted by molar-refractivity contribution is 0.0636. The Kier molecular flexibility index (Phi) is 6.06. The van der Waals surface area contributed by atoms with Crippen LogP contribution in [0.1, 0.15) is 24.9 Å². The lowest BCUT2D eigenvalue weighted by Crippen LogP contribution is -2.53. The predicted octanol–water partition coefficient (Wildman–Crippen LogP) is 1.73. The molecule has 0 radical (unpaired) electrons. The molecule has 1 saturated heterocycles. The van der Waals surface area contributed by atoms with Crippen LogP contribution in [-0.2, 0) is 0 Å². The van der Waals surface area contributed by atoms with Crippen LogP contribution in [-0.4, -0.2) is 63.3 Å². The van der Waals surface area contributed by atoms with Crippen LogP contribution in [0.2, 0.25) is 0 Å². The van der Waals surface area contributed by atoms with Crippen molar-refractivity contribution in [3.05, 3.63) is 23.8 Å². The molecule has 1 aromatic carbocycles. The van der Waals surface area contributed by atoms with E-state index in [0.29, 0.717) is 12.6 Å². The first kappa shape index (κ1) is 17.1.